The molecule has 1 N–H and O–H groups in total. The fourth-order valence-corrected chi connectivity index (χ4v) is 2.20. The normalized spacial score (nSPS) is 14.7. The first-order valence-corrected chi connectivity index (χ1v) is 5.87. The van der Waals surface area contributed by atoms with Crippen molar-refractivity contribution < 1.29 is 14.3 Å². The summed E-state index contributed by atoms with van der Waals surface area (Å²) in [7, 11) is 0. The van der Waals surface area contributed by atoms with Crippen LogP contribution >= 0.6 is 0 Å². The van der Waals surface area contributed by atoms with Gasteiger partial charge in [-0.2, -0.15) is 0 Å². The minimum Gasteiger partial charge on any atom is -0.477 e. The quantitative estimate of drug-likeness (QED) is 0.901. The lowest BCUT2D eigenvalue weighted by molar-refractivity contribution is 0.0685. The predicted molar refractivity (Wildman–Crippen MR) is 65.1 cm³/mol. The minimum atomic E-state index is -0.921. The molecule has 1 fully saturated rings. The third-order valence-electron chi connectivity index (χ3n) is 3.19. The molecule has 1 aliphatic carbocycles. The van der Waals surface area contributed by atoms with E-state index in [1.54, 1.807) is 24.3 Å². The van der Waals surface area contributed by atoms with E-state index in [0.717, 1.165) is 24.1 Å². The van der Waals surface area contributed by atoms with Gasteiger partial charge in [0.25, 0.3) is 0 Å². The maximum absolute atomic E-state index is 12.9. The Labute approximate surface area is 103 Å². The number of carbonyl (C=O) groups is 1. The first-order valence-electron chi connectivity index (χ1n) is 5.87. The number of carboxylic acid groups (broad SMARTS) is 1. The van der Waals surface area contributed by atoms with E-state index in [2.05, 4.69) is 0 Å². The van der Waals surface area contributed by atoms with Crippen LogP contribution in [0.2, 0.25) is 0 Å². The van der Waals surface area contributed by atoms with Crippen LogP contribution in [0.3, 0.4) is 0 Å². The molecule has 0 bridgehead atoms. The van der Waals surface area contributed by atoms with Crippen molar-refractivity contribution in [2.24, 2.45) is 0 Å². The third kappa shape index (κ3) is 1.79. The molecule has 1 aliphatic rings. The molecule has 18 heavy (non-hydrogen) atoms. The Kier molecular flexibility index (Phi) is 2.44. The molecule has 1 saturated carbocycles. The molecule has 4 heteroatoms. The van der Waals surface area contributed by atoms with Crippen LogP contribution in [0.15, 0.2) is 36.4 Å². The van der Waals surface area contributed by atoms with E-state index in [1.807, 2.05) is 4.57 Å². The number of aromatic nitrogens is 1. The molecule has 1 heterocycles. The van der Waals surface area contributed by atoms with Gasteiger partial charge >= 0.3 is 5.97 Å². The lowest BCUT2D eigenvalue weighted by Gasteiger charge is -2.10. The molecule has 0 unspecified atom stereocenters. The summed E-state index contributed by atoms with van der Waals surface area (Å²) in [5.74, 6) is -1.21. The van der Waals surface area contributed by atoms with Crippen molar-refractivity contribution in [1.29, 1.82) is 0 Å². The van der Waals surface area contributed by atoms with E-state index in [1.165, 1.54) is 12.1 Å². The molecule has 0 aliphatic heterocycles. The largest absolute Gasteiger partial charge is 0.477 e. The van der Waals surface area contributed by atoms with Crippen LogP contribution in [0.1, 0.15) is 29.4 Å². The van der Waals surface area contributed by atoms with Gasteiger partial charge in [0, 0.05) is 11.7 Å². The zero-order chi connectivity index (χ0) is 12.7. The second-order valence-corrected chi connectivity index (χ2v) is 4.52. The molecular formula is C14H12FNO2. The molecule has 1 aromatic heterocycles. The zero-order valence-electron chi connectivity index (χ0n) is 9.64. The summed E-state index contributed by atoms with van der Waals surface area (Å²) in [5.41, 5.74) is 1.99. The average molecular weight is 245 g/mol. The Hall–Kier alpha value is -2.10. The Morgan fingerprint density at radius 1 is 1.17 bits per heavy atom. The van der Waals surface area contributed by atoms with Crippen molar-refractivity contribution in [1.82, 2.24) is 4.57 Å². The number of hydrogen-bond acceptors (Lipinski definition) is 1. The summed E-state index contributed by atoms with van der Waals surface area (Å²) in [6.07, 6.45) is 2.01. The lowest BCUT2D eigenvalue weighted by Crippen LogP contribution is -2.08. The summed E-state index contributed by atoms with van der Waals surface area (Å²) in [6, 6.07) is 9.80. The zero-order valence-corrected chi connectivity index (χ0v) is 9.64. The molecule has 3 nitrogen and oxygen atoms in total. The number of halogens is 1. The van der Waals surface area contributed by atoms with Crippen molar-refractivity contribution >= 4 is 5.97 Å². The first-order chi connectivity index (χ1) is 8.66. The van der Waals surface area contributed by atoms with E-state index in [4.69, 9.17) is 5.11 Å². The second kappa shape index (κ2) is 3.98. The Morgan fingerprint density at radius 3 is 2.39 bits per heavy atom. The van der Waals surface area contributed by atoms with Gasteiger partial charge in [0.2, 0.25) is 0 Å². The van der Waals surface area contributed by atoms with Crippen LogP contribution in [-0.4, -0.2) is 15.6 Å². The fourth-order valence-electron chi connectivity index (χ4n) is 2.20. The standard InChI is InChI=1S/C14H12FNO2/c15-10-3-1-9(2-4-10)12-7-8-13(14(17)18)16(12)11-5-6-11/h1-4,7-8,11H,5-6H2,(H,17,18). The molecule has 0 spiro atoms. The minimum absolute atomic E-state index is 0.270. The van der Waals surface area contributed by atoms with Gasteiger partial charge in [-0.15, -0.1) is 0 Å². The predicted octanol–water partition coefficient (Wildman–Crippen LogP) is 3.33. The highest BCUT2D eigenvalue weighted by Crippen LogP contribution is 2.40. The van der Waals surface area contributed by atoms with Crippen LogP contribution in [0.5, 0.6) is 0 Å². The lowest BCUT2D eigenvalue weighted by atomic mass is 10.1. The molecule has 3 rings (SSSR count). The van der Waals surface area contributed by atoms with Gasteiger partial charge < -0.3 is 9.67 Å². The van der Waals surface area contributed by atoms with Crippen molar-refractivity contribution in [2.45, 2.75) is 18.9 Å². The van der Waals surface area contributed by atoms with Crippen LogP contribution in [0.25, 0.3) is 11.3 Å². The summed E-state index contributed by atoms with van der Waals surface area (Å²) in [4.78, 5) is 11.2. The third-order valence-corrected chi connectivity index (χ3v) is 3.19. The number of aromatic carboxylic acids is 1. The molecule has 0 atom stereocenters. The van der Waals surface area contributed by atoms with Gasteiger partial charge in [0.05, 0.1) is 0 Å². The maximum Gasteiger partial charge on any atom is 0.352 e. The number of rotatable bonds is 3. The SMILES string of the molecule is O=C(O)c1ccc(-c2ccc(F)cc2)n1C1CC1. The van der Waals surface area contributed by atoms with Gasteiger partial charge in [-0.1, -0.05) is 0 Å². The first kappa shape index (κ1) is 11.0. The molecule has 1 aromatic carbocycles. The van der Waals surface area contributed by atoms with Crippen LogP contribution in [0.4, 0.5) is 4.39 Å². The summed E-state index contributed by atoms with van der Waals surface area (Å²) < 4.78 is 14.7. The fraction of sp³-hybridized carbons (Fsp3) is 0.214. The summed E-state index contributed by atoms with van der Waals surface area (Å²) in [5, 5.41) is 9.17. The van der Waals surface area contributed by atoms with Crippen molar-refractivity contribution in [3.8, 4) is 11.3 Å². The number of carboxylic acids is 1. The van der Waals surface area contributed by atoms with Crippen LogP contribution < -0.4 is 0 Å². The number of benzene rings is 1. The monoisotopic (exact) mass is 245 g/mol. The average Bonchev–Trinajstić information content (AvgIpc) is 3.09. The van der Waals surface area contributed by atoms with E-state index in [9.17, 15) is 9.18 Å². The highest BCUT2D eigenvalue weighted by Gasteiger charge is 2.29. The molecular weight excluding hydrogens is 233 g/mol. The van der Waals surface area contributed by atoms with Gasteiger partial charge in [-0.3, -0.25) is 0 Å². The summed E-state index contributed by atoms with van der Waals surface area (Å²) >= 11 is 0. The topological polar surface area (TPSA) is 42.2 Å². The van der Waals surface area contributed by atoms with Crippen molar-refractivity contribution in [3.63, 3.8) is 0 Å². The van der Waals surface area contributed by atoms with E-state index in [-0.39, 0.29) is 11.9 Å². The number of hydrogen-bond donors (Lipinski definition) is 1. The van der Waals surface area contributed by atoms with Crippen LogP contribution in [0, 0.1) is 5.82 Å². The van der Waals surface area contributed by atoms with Crippen LogP contribution in [-0.2, 0) is 0 Å². The van der Waals surface area contributed by atoms with Gasteiger partial charge in [-0.25, -0.2) is 9.18 Å². The smallest absolute Gasteiger partial charge is 0.352 e. The van der Waals surface area contributed by atoms with Crippen molar-refractivity contribution in [2.75, 3.05) is 0 Å². The van der Waals surface area contributed by atoms with E-state index in [0.29, 0.717) is 5.69 Å². The molecule has 92 valence electrons. The van der Waals surface area contributed by atoms with Crippen molar-refractivity contribution in [3.05, 3.63) is 47.9 Å². The molecule has 0 amide bonds. The van der Waals surface area contributed by atoms with Gasteiger partial charge in [0.15, 0.2) is 0 Å². The molecule has 0 radical (unpaired) electrons. The molecule has 2 aromatic rings. The molecule has 0 saturated heterocycles. The Balaban J connectivity index is 2.11. The van der Waals surface area contributed by atoms with Gasteiger partial charge in [0.1, 0.15) is 11.5 Å². The second-order valence-electron chi connectivity index (χ2n) is 4.52. The van der Waals surface area contributed by atoms with Gasteiger partial charge in [-0.05, 0) is 54.8 Å². The van der Waals surface area contributed by atoms with E-state index >= 15 is 0 Å². The Morgan fingerprint density at radius 2 is 1.83 bits per heavy atom. The number of nitrogens with zero attached hydrogens (tertiary/aromatic N) is 1. The Bertz CT molecular complexity index is 597. The maximum atomic E-state index is 12.9. The summed E-state index contributed by atoms with van der Waals surface area (Å²) in [6.45, 7) is 0. The highest BCUT2D eigenvalue weighted by molar-refractivity contribution is 5.87. The highest BCUT2D eigenvalue weighted by atomic mass is 19.1. The van der Waals surface area contributed by atoms with E-state index < -0.39 is 5.97 Å².